The smallest absolute Gasteiger partial charge is 0.315 e. The first-order valence-corrected chi connectivity index (χ1v) is 9.00. The molecule has 0 aromatic heterocycles. The van der Waals surface area contributed by atoms with Crippen molar-refractivity contribution in [1.29, 1.82) is 0 Å². The quantitative estimate of drug-likeness (QED) is 0.755. The SMILES string of the molecule is CCSC1CCC(NC(=O)NCC(C)(O)c2ccccc2)C1. The van der Waals surface area contributed by atoms with Crippen LogP contribution in [-0.4, -0.2) is 34.7 Å². The molecule has 1 aliphatic rings. The molecule has 2 amide bonds. The van der Waals surface area contributed by atoms with Crippen LogP contribution in [0.5, 0.6) is 0 Å². The lowest BCUT2D eigenvalue weighted by atomic mass is 9.96. The Hall–Kier alpha value is -1.20. The van der Waals surface area contributed by atoms with Gasteiger partial charge < -0.3 is 15.7 Å². The van der Waals surface area contributed by atoms with Crippen molar-refractivity contribution < 1.29 is 9.90 Å². The molecule has 3 unspecified atom stereocenters. The minimum atomic E-state index is -1.06. The average molecular weight is 322 g/mol. The summed E-state index contributed by atoms with van der Waals surface area (Å²) in [6.07, 6.45) is 3.26. The number of benzene rings is 1. The van der Waals surface area contributed by atoms with Gasteiger partial charge >= 0.3 is 6.03 Å². The molecule has 3 N–H and O–H groups in total. The van der Waals surface area contributed by atoms with Crippen LogP contribution in [0.4, 0.5) is 4.79 Å². The van der Waals surface area contributed by atoms with E-state index in [2.05, 4.69) is 17.6 Å². The van der Waals surface area contributed by atoms with Gasteiger partial charge in [0.25, 0.3) is 0 Å². The molecule has 2 rings (SSSR count). The van der Waals surface area contributed by atoms with Gasteiger partial charge in [-0.3, -0.25) is 0 Å². The number of aliphatic hydroxyl groups is 1. The first-order valence-electron chi connectivity index (χ1n) is 7.95. The Labute approximate surface area is 137 Å². The van der Waals surface area contributed by atoms with E-state index in [4.69, 9.17) is 0 Å². The average Bonchev–Trinajstić information content (AvgIpc) is 2.94. The Balaban J connectivity index is 1.76. The lowest BCUT2D eigenvalue weighted by Crippen LogP contribution is -2.46. The molecule has 1 fully saturated rings. The molecule has 0 radical (unpaired) electrons. The van der Waals surface area contributed by atoms with Crippen LogP contribution in [0.25, 0.3) is 0 Å². The molecule has 1 saturated carbocycles. The molecule has 22 heavy (non-hydrogen) atoms. The van der Waals surface area contributed by atoms with Gasteiger partial charge in [-0.25, -0.2) is 4.79 Å². The fourth-order valence-corrected chi connectivity index (χ4v) is 3.99. The molecule has 0 saturated heterocycles. The maximum Gasteiger partial charge on any atom is 0.315 e. The van der Waals surface area contributed by atoms with Crippen molar-refractivity contribution in [2.75, 3.05) is 12.3 Å². The molecule has 1 aromatic carbocycles. The third-order valence-electron chi connectivity index (χ3n) is 4.11. The molecule has 0 spiro atoms. The Morgan fingerprint density at radius 1 is 1.36 bits per heavy atom. The summed E-state index contributed by atoms with van der Waals surface area (Å²) in [5, 5.41) is 16.9. The van der Waals surface area contributed by atoms with Crippen LogP contribution in [0.1, 0.15) is 38.7 Å². The van der Waals surface area contributed by atoms with Crippen molar-refractivity contribution in [3.63, 3.8) is 0 Å². The number of amides is 2. The van der Waals surface area contributed by atoms with E-state index in [1.54, 1.807) is 6.92 Å². The predicted octanol–water partition coefficient (Wildman–Crippen LogP) is 2.87. The first-order chi connectivity index (χ1) is 10.5. The number of urea groups is 1. The summed E-state index contributed by atoms with van der Waals surface area (Å²) in [6, 6.07) is 9.47. The highest BCUT2D eigenvalue weighted by Gasteiger charge is 2.27. The highest BCUT2D eigenvalue weighted by molar-refractivity contribution is 7.99. The van der Waals surface area contributed by atoms with Gasteiger partial charge in [0.15, 0.2) is 0 Å². The van der Waals surface area contributed by atoms with Crippen LogP contribution >= 0.6 is 11.8 Å². The van der Waals surface area contributed by atoms with E-state index in [9.17, 15) is 9.90 Å². The van der Waals surface area contributed by atoms with Crippen LogP contribution in [0, 0.1) is 0 Å². The summed E-state index contributed by atoms with van der Waals surface area (Å²) in [7, 11) is 0. The summed E-state index contributed by atoms with van der Waals surface area (Å²) in [5.74, 6) is 1.13. The second-order valence-electron chi connectivity index (χ2n) is 6.05. The third kappa shape index (κ3) is 4.92. The zero-order chi connectivity index (χ0) is 16.0. The Bertz CT molecular complexity index is 479. The maximum atomic E-state index is 12.0. The molecule has 4 nitrogen and oxygen atoms in total. The van der Waals surface area contributed by atoms with Crippen molar-refractivity contribution >= 4 is 17.8 Å². The van der Waals surface area contributed by atoms with Crippen molar-refractivity contribution in [2.24, 2.45) is 0 Å². The minimum Gasteiger partial charge on any atom is -0.384 e. The normalized spacial score (nSPS) is 23.8. The van der Waals surface area contributed by atoms with Crippen LogP contribution < -0.4 is 10.6 Å². The fraction of sp³-hybridized carbons (Fsp3) is 0.588. The molecule has 122 valence electrons. The summed E-state index contributed by atoms with van der Waals surface area (Å²) in [5.41, 5.74) is -0.259. The number of hydrogen-bond acceptors (Lipinski definition) is 3. The van der Waals surface area contributed by atoms with E-state index in [0.29, 0.717) is 5.25 Å². The van der Waals surface area contributed by atoms with Crippen LogP contribution in [0.2, 0.25) is 0 Å². The molecule has 3 atom stereocenters. The van der Waals surface area contributed by atoms with Crippen molar-refractivity contribution in [3.8, 4) is 0 Å². The predicted molar refractivity (Wildman–Crippen MR) is 92.1 cm³/mol. The number of thioether (sulfide) groups is 1. The second kappa shape index (κ2) is 7.88. The van der Waals surface area contributed by atoms with E-state index in [1.165, 1.54) is 6.42 Å². The third-order valence-corrected chi connectivity index (χ3v) is 5.34. The van der Waals surface area contributed by atoms with Crippen molar-refractivity contribution in [3.05, 3.63) is 35.9 Å². The van der Waals surface area contributed by atoms with Crippen LogP contribution in [0.15, 0.2) is 30.3 Å². The summed E-state index contributed by atoms with van der Waals surface area (Å²) in [6.45, 7) is 4.08. The van der Waals surface area contributed by atoms with Gasteiger partial charge in [-0.15, -0.1) is 0 Å². The zero-order valence-electron chi connectivity index (χ0n) is 13.3. The highest BCUT2D eigenvalue weighted by atomic mass is 32.2. The van der Waals surface area contributed by atoms with Gasteiger partial charge in [-0.05, 0) is 37.5 Å². The largest absolute Gasteiger partial charge is 0.384 e. The lowest BCUT2D eigenvalue weighted by Gasteiger charge is -2.25. The van der Waals surface area contributed by atoms with Gasteiger partial charge in [0, 0.05) is 11.3 Å². The van der Waals surface area contributed by atoms with E-state index in [1.807, 2.05) is 42.1 Å². The van der Waals surface area contributed by atoms with Gasteiger partial charge in [0.1, 0.15) is 5.60 Å². The first kappa shape index (κ1) is 17.2. The number of nitrogens with one attached hydrogen (secondary N) is 2. The van der Waals surface area contributed by atoms with Gasteiger partial charge in [-0.1, -0.05) is 37.3 Å². The number of carbonyl (C=O) groups excluding carboxylic acids is 1. The molecule has 0 bridgehead atoms. The second-order valence-corrected chi connectivity index (χ2v) is 7.63. The zero-order valence-corrected chi connectivity index (χ0v) is 14.2. The minimum absolute atomic E-state index is 0.191. The van der Waals surface area contributed by atoms with Gasteiger partial charge in [0.2, 0.25) is 0 Å². The lowest BCUT2D eigenvalue weighted by molar-refractivity contribution is 0.0592. The molecular formula is C17H26N2O2S. The van der Waals surface area contributed by atoms with E-state index in [0.717, 1.165) is 24.2 Å². The monoisotopic (exact) mass is 322 g/mol. The van der Waals surface area contributed by atoms with Gasteiger partial charge in [-0.2, -0.15) is 11.8 Å². The number of hydrogen-bond donors (Lipinski definition) is 3. The summed E-state index contributed by atoms with van der Waals surface area (Å²) >= 11 is 1.97. The van der Waals surface area contributed by atoms with Crippen LogP contribution in [-0.2, 0) is 5.60 Å². The highest BCUT2D eigenvalue weighted by Crippen LogP contribution is 2.29. The number of rotatable bonds is 6. The standard InChI is InChI=1S/C17H26N2O2S/c1-3-22-15-10-9-14(11-15)19-16(20)18-12-17(2,21)13-7-5-4-6-8-13/h4-8,14-15,21H,3,9-12H2,1-2H3,(H2,18,19,20). The van der Waals surface area contributed by atoms with E-state index in [-0.39, 0.29) is 18.6 Å². The van der Waals surface area contributed by atoms with Crippen LogP contribution in [0.3, 0.4) is 0 Å². The number of carbonyl (C=O) groups is 1. The summed E-state index contributed by atoms with van der Waals surface area (Å²) in [4.78, 5) is 12.0. The maximum absolute atomic E-state index is 12.0. The molecule has 1 aliphatic carbocycles. The fourth-order valence-electron chi connectivity index (χ4n) is 2.85. The van der Waals surface area contributed by atoms with Crippen molar-refractivity contribution in [2.45, 2.75) is 50.0 Å². The molecule has 0 aliphatic heterocycles. The van der Waals surface area contributed by atoms with E-state index < -0.39 is 5.60 Å². The summed E-state index contributed by atoms with van der Waals surface area (Å²) < 4.78 is 0. The molecule has 0 heterocycles. The molecule has 1 aromatic rings. The Morgan fingerprint density at radius 3 is 2.77 bits per heavy atom. The van der Waals surface area contributed by atoms with E-state index >= 15 is 0 Å². The van der Waals surface area contributed by atoms with Gasteiger partial charge in [0.05, 0.1) is 6.54 Å². The topological polar surface area (TPSA) is 61.4 Å². The van der Waals surface area contributed by atoms with Crippen molar-refractivity contribution in [1.82, 2.24) is 10.6 Å². The Morgan fingerprint density at radius 2 is 2.09 bits per heavy atom. The Kier molecular flexibility index (Phi) is 6.15. The molecule has 5 heteroatoms. The molecular weight excluding hydrogens is 296 g/mol.